The number of anilines is 4. The highest BCUT2D eigenvalue weighted by molar-refractivity contribution is 6.01. The molecule has 0 amide bonds. The molecule has 6 rings (SSSR count). The maximum Gasteiger partial charge on any atom is 0.227 e. The average molecular weight is 520 g/mol. The molecule has 10 heteroatoms. The summed E-state index contributed by atoms with van der Waals surface area (Å²) in [6.45, 7) is 9.03. The van der Waals surface area contributed by atoms with Gasteiger partial charge < -0.3 is 29.7 Å². The molecule has 4 heterocycles. The van der Waals surface area contributed by atoms with Gasteiger partial charge in [0.2, 0.25) is 5.95 Å². The highest BCUT2D eigenvalue weighted by atomic mass is 19.1. The first-order chi connectivity index (χ1) is 18.4. The molecule has 8 nitrogen and oxygen atoms in total. The molecule has 0 atom stereocenters. The summed E-state index contributed by atoms with van der Waals surface area (Å²) in [6.07, 6.45) is 3.02. The Morgan fingerprint density at radius 1 is 1.00 bits per heavy atom. The lowest BCUT2D eigenvalue weighted by Gasteiger charge is -2.34. The number of aromatic amines is 1. The second kappa shape index (κ2) is 9.75. The van der Waals surface area contributed by atoms with E-state index in [0.29, 0.717) is 24.4 Å². The maximum atomic E-state index is 15.0. The van der Waals surface area contributed by atoms with Crippen LogP contribution in [0.4, 0.5) is 31.8 Å². The molecule has 2 aromatic heterocycles. The second-order valence-corrected chi connectivity index (χ2v) is 10.1. The Labute approximate surface area is 220 Å². The summed E-state index contributed by atoms with van der Waals surface area (Å²) in [7, 11) is 2.14. The van der Waals surface area contributed by atoms with E-state index in [0.717, 1.165) is 54.7 Å². The fourth-order valence-electron chi connectivity index (χ4n) is 5.29. The van der Waals surface area contributed by atoms with Crippen molar-refractivity contribution in [1.29, 1.82) is 0 Å². The molecule has 0 spiro atoms. The van der Waals surface area contributed by atoms with Crippen LogP contribution >= 0.6 is 0 Å². The number of nitrogens with zero attached hydrogens (tertiary/aromatic N) is 5. The number of benzene rings is 2. The smallest absolute Gasteiger partial charge is 0.227 e. The van der Waals surface area contributed by atoms with E-state index in [9.17, 15) is 4.39 Å². The van der Waals surface area contributed by atoms with E-state index in [4.69, 9.17) is 4.74 Å². The van der Waals surface area contributed by atoms with Gasteiger partial charge in [-0.1, -0.05) is 0 Å². The molecule has 2 aliphatic heterocycles. The van der Waals surface area contributed by atoms with Gasteiger partial charge in [-0.3, -0.25) is 0 Å². The predicted octanol–water partition coefficient (Wildman–Crippen LogP) is 5.01. The zero-order valence-electron chi connectivity index (χ0n) is 21.8. The molecule has 1 saturated heterocycles. The van der Waals surface area contributed by atoms with Crippen LogP contribution in [-0.2, 0) is 0 Å². The number of hydrogen-bond acceptors (Lipinski definition) is 7. The Hall–Kier alpha value is -3.92. The Kier molecular flexibility index (Phi) is 6.27. The molecule has 38 heavy (non-hydrogen) atoms. The number of likely N-dealkylation sites (N-methyl/N-ethyl adjacent to an activating group) is 1. The third-order valence-corrected chi connectivity index (χ3v) is 7.34. The van der Waals surface area contributed by atoms with Crippen molar-refractivity contribution in [2.75, 3.05) is 61.5 Å². The Balaban J connectivity index is 1.33. The SMILES string of the molecule is CC(C)N1CCOc2c(F)cc(-c3nc(Nc4ccc(N5CCN(C)CC5)c5[nH]ccc45)ncc3F)cc21. The van der Waals surface area contributed by atoms with Crippen LogP contribution in [-0.4, -0.2) is 72.3 Å². The summed E-state index contributed by atoms with van der Waals surface area (Å²) in [5.74, 6) is -0.744. The van der Waals surface area contributed by atoms with E-state index in [2.05, 4.69) is 43.2 Å². The molecular weight excluding hydrogens is 488 g/mol. The molecule has 2 aromatic carbocycles. The molecule has 2 aliphatic rings. The Morgan fingerprint density at radius 2 is 1.82 bits per heavy atom. The van der Waals surface area contributed by atoms with Crippen molar-refractivity contribution >= 4 is 33.9 Å². The van der Waals surface area contributed by atoms with Crippen LogP contribution in [0.5, 0.6) is 5.75 Å². The molecule has 198 valence electrons. The van der Waals surface area contributed by atoms with Crippen LogP contribution in [0.1, 0.15) is 13.8 Å². The van der Waals surface area contributed by atoms with E-state index in [-0.39, 0.29) is 23.4 Å². The number of ether oxygens (including phenoxy) is 1. The van der Waals surface area contributed by atoms with Crippen LogP contribution in [0.2, 0.25) is 0 Å². The number of piperazine rings is 1. The molecule has 0 aliphatic carbocycles. The number of halogens is 2. The van der Waals surface area contributed by atoms with E-state index in [1.54, 1.807) is 6.07 Å². The third kappa shape index (κ3) is 4.38. The minimum atomic E-state index is -0.625. The van der Waals surface area contributed by atoms with Crippen LogP contribution < -0.4 is 19.9 Å². The molecule has 2 N–H and O–H groups in total. The predicted molar refractivity (Wildman–Crippen MR) is 147 cm³/mol. The molecule has 0 unspecified atom stereocenters. The van der Waals surface area contributed by atoms with Gasteiger partial charge in [0.05, 0.1) is 35.3 Å². The Morgan fingerprint density at radius 3 is 2.61 bits per heavy atom. The van der Waals surface area contributed by atoms with Gasteiger partial charge in [0, 0.05) is 49.4 Å². The molecular formula is C28H31F2N7O. The fraction of sp³-hybridized carbons (Fsp3) is 0.357. The molecule has 4 aromatic rings. The number of H-pyrrole nitrogens is 1. The summed E-state index contributed by atoms with van der Waals surface area (Å²) in [6, 6.07) is 9.22. The standard InChI is InChI=1S/C28H31F2N7O/c1-17(2)37-12-13-38-27-20(29)14-18(15-24(27)37)25-21(30)16-32-28(34-25)33-22-4-5-23(26-19(22)6-7-31-26)36-10-8-35(3)9-11-36/h4-7,14-17,31H,8-13H2,1-3H3,(H,32,33,34). The largest absolute Gasteiger partial charge is 0.486 e. The average Bonchev–Trinajstić information content (AvgIpc) is 3.41. The number of nitrogens with one attached hydrogen (secondary N) is 2. The monoisotopic (exact) mass is 519 g/mol. The van der Waals surface area contributed by atoms with Gasteiger partial charge >= 0.3 is 0 Å². The van der Waals surface area contributed by atoms with E-state index in [1.165, 1.54) is 6.07 Å². The lowest BCUT2D eigenvalue weighted by atomic mass is 10.1. The first kappa shape index (κ1) is 24.4. The van der Waals surface area contributed by atoms with E-state index < -0.39 is 11.6 Å². The molecule has 0 bridgehead atoms. The van der Waals surface area contributed by atoms with Crippen LogP contribution in [0.3, 0.4) is 0 Å². The van der Waals surface area contributed by atoms with Gasteiger partial charge in [0.25, 0.3) is 0 Å². The van der Waals surface area contributed by atoms with Crippen molar-refractivity contribution < 1.29 is 13.5 Å². The lowest BCUT2D eigenvalue weighted by Crippen LogP contribution is -2.44. The van der Waals surface area contributed by atoms with Gasteiger partial charge in [0.15, 0.2) is 17.4 Å². The minimum absolute atomic E-state index is 0.0258. The maximum absolute atomic E-state index is 15.0. The number of hydrogen-bond donors (Lipinski definition) is 2. The summed E-state index contributed by atoms with van der Waals surface area (Å²) in [5, 5.41) is 4.23. The summed E-state index contributed by atoms with van der Waals surface area (Å²) in [5.41, 5.74) is 3.92. The zero-order chi connectivity index (χ0) is 26.4. The van der Waals surface area contributed by atoms with E-state index >= 15 is 4.39 Å². The Bertz CT molecular complexity index is 1480. The number of rotatable bonds is 5. The van der Waals surface area contributed by atoms with Crippen molar-refractivity contribution in [2.45, 2.75) is 19.9 Å². The minimum Gasteiger partial charge on any atom is -0.486 e. The molecule has 0 saturated carbocycles. The van der Waals surface area contributed by atoms with Crippen molar-refractivity contribution in [2.24, 2.45) is 0 Å². The molecule has 1 fully saturated rings. The van der Waals surface area contributed by atoms with Gasteiger partial charge in [0.1, 0.15) is 12.3 Å². The van der Waals surface area contributed by atoms with Crippen LogP contribution in [0, 0.1) is 11.6 Å². The highest BCUT2D eigenvalue weighted by Gasteiger charge is 2.26. The topological polar surface area (TPSA) is 72.6 Å². The van der Waals surface area contributed by atoms with Crippen molar-refractivity contribution in [1.82, 2.24) is 19.9 Å². The zero-order valence-corrected chi connectivity index (χ0v) is 21.8. The van der Waals surface area contributed by atoms with Gasteiger partial charge in [-0.2, -0.15) is 0 Å². The lowest BCUT2D eigenvalue weighted by molar-refractivity contribution is 0.287. The van der Waals surface area contributed by atoms with Crippen LogP contribution in [0.25, 0.3) is 22.2 Å². The fourth-order valence-corrected chi connectivity index (χ4v) is 5.29. The number of aromatic nitrogens is 3. The van der Waals surface area contributed by atoms with Crippen molar-refractivity contribution in [3.8, 4) is 17.0 Å². The second-order valence-electron chi connectivity index (χ2n) is 10.1. The molecule has 0 radical (unpaired) electrons. The normalized spacial score (nSPS) is 16.2. The van der Waals surface area contributed by atoms with Gasteiger partial charge in [-0.05, 0) is 51.2 Å². The summed E-state index contributed by atoms with van der Waals surface area (Å²) in [4.78, 5) is 18.7. The first-order valence-electron chi connectivity index (χ1n) is 13.0. The highest BCUT2D eigenvalue weighted by Crippen LogP contribution is 2.40. The van der Waals surface area contributed by atoms with Gasteiger partial charge in [-0.15, -0.1) is 0 Å². The van der Waals surface area contributed by atoms with E-state index in [1.807, 2.05) is 37.1 Å². The van der Waals surface area contributed by atoms with Crippen molar-refractivity contribution in [3.05, 3.63) is 54.4 Å². The van der Waals surface area contributed by atoms with Gasteiger partial charge in [-0.25, -0.2) is 18.7 Å². The van der Waals surface area contributed by atoms with Crippen molar-refractivity contribution in [3.63, 3.8) is 0 Å². The quantitative estimate of drug-likeness (QED) is 0.384. The third-order valence-electron chi connectivity index (χ3n) is 7.34. The summed E-state index contributed by atoms with van der Waals surface area (Å²) < 4.78 is 35.6. The van der Waals surface area contributed by atoms with Crippen LogP contribution in [0.15, 0.2) is 42.7 Å². The number of fused-ring (bicyclic) bond motifs is 2. The first-order valence-corrected chi connectivity index (χ1v) is 13.0. The summed E-state index contributed by atoms with van der Waals surface area (Å²) >= 11 is 0.